The number of amides is 1. The highest BCUT2D eigenvalue weighted by Crippen LogP contribution is 2.21. The fourth-order valence-electron chi connectivity index (χ4n) is 3.01. The lowest BCUT2D eigenvalue weighted by Gasteiger charge is -2.19. The maximum absolute atomic E-state index is 12.5. The molecule has 2 N–H and O–H groups in total. The number of hydrogen-bond donors (Lipinski definition) is 2. The van der Waals surface area contributed by atoms with Gasteiger partial charge in [-0.15, -0.1) is 0 Å². The Hall–Kier alpha value is -2.45. The van der Waals surface area contributed by atoms with Crippen molar-refractivity contribution >= 4 is 21.7 Å². The third kappa shape index (κ3) is 4.84. The van der Waals surface area contributed by atoms with E-state index in [0.29, 0.717) is 11.4 Å². The number of carbonyl (C=O) groups excluding carboxylic acids is 1. The SMILES string of the molecule is Cc1ccc(S(=O)(=O)NCCNC(=O)c2cccnc2N2CCCC2)cc1. The number of hydrogen-bond acceptors (Lipinski definition) is 5. The number of aromatic nitrogens is 1. The molecular weight excluding hydrogens is 364 g/mol. The number of anilines is 1. The van der Waals surface area contributed by atoms with E-state index in [-0.39, 0.29) is 23.9 Å². The van der Waals surface area contributed by atoms with Gasteiger partial charge in [-0.3, -0.25) is 4.79 Å². The van der Waals surface area contributed by atoms with E-state index < -0.39 is 10.0 Å². The smallest absolute Gasteiger partial charge is 0.255 e. The first kappa shape index (κ1) is 19.3. The first-order chi connectivity index (χ1) is 13.0. The zero-order valence-corrected chi connectivity index (χ0v) is 16.1. The molecule has 0 atom stereocenters. The van der Waals surface area contributed by atoms with E-state index in [0.717, 1.165) is 31.5 Å². The predicted molar refractivity (Wildman–Crippen MR) is 104 cm³/mol. The van der Waals surface area contributed by atoms with E-state index in [2.05, 4.69) is 19.9 Å². The molecule has 3 rings (SSSR count). The minimum atomic E-state index is -3.58. The Morgan fingerprint density at radius 2 is 1.81 bits per heavy atom. The van der Waals surface area contributed by atoms with E-state index >= 15 is 0 Å². The van der Waals surface area contributed by atoms with Gasteiger partial charge in [0.05, 0.1) is 10.5 Å². The van der Waals surface area contributed by atoms with Crippen LogP contribution in [0.3, 0.4) is 0 Å². The Balaban J connectivity index is 1.55. The topological polar surface area (TPSA) is 91.4 Å². The highest BCUT2D eigenvalue weighted by molar-refractivity contribution is 7.89. The number of benzene rings is 1. The van der Waals surface area contributed by atoms with Gasteiger partial charge in [-0.1, -0.05) is 17.7 Å². The summed E-state index contributed by atoms with van der Waals surface area (Å²) in [5, 5.41) is 2.76. The van der Waals surface area contributed by atoms with Crippen LogP contribution < -0.4 is 14.9 Å². The van der Waals surface area contributed by atoms with Crippen molar-refractivity contribution in [2.24, 2.45) is 0 Å². The van der Waals surface area contributed by atoms with Crippen molar-refractivity contribution in [3.63, 3.8) is 0 Å². The number of rotatable bonds is 7. The molecule has 1 aromatic carbocycles. The van der Waals surface area contributed by atoms with Gasteiger partial charge in [-0.2, -0.15) is 0 Å². The minimum Gasteiger partial charge on any atom is -0.356 e. The third-order valence-electron chi connectivity index (χ3n) is 4.47. The quantitative estimate of drug-likeness (QED) is 0.705. The van der Waals surface area contributed by atoms with Crippen molar-refractivity contribution in [3.8, 4) is 0 Å². The Bertz CT molecular complexity index is 891. The summed E-state index contributed by atoms with van der Waals surface area (Å²) in [5.41, 5.74) is 1.51. The molecule has 1 aliphatic heterocycles. The molecule has 27 heavy (non-hydrogen) atoms. The Kier molecular flexibility index (Phi) is 6.08. The summed E-state index contributed by atoms with van der Waals surface area (Å²) < 4.78 is 27.0. The summed E-state index contributed by atoms with van der Waals surface area (Å²) in [7, 11) is -3.58. The second-order valence-corrected chi connectivity index (χ2v) is 8.30. The van der Waals surface area contributed by atoms with Crippen LogP contribution in [0.1, 0.15) is 28.8 Å². The summed E-state index contributed by atoms with van der Waals surface area (Å²) in [6.45, 7) is 4.00. The molecule has 0 saturated carbocycles. The summed E-state index contributed by atoms with van der Waals surface area (Å²) >= 11 is 0. The molecule has 1 aliphatic rings. The van der Waals surface area contributed by atoms with Gasteiger partial charge < -0.3 is 10.2 Å². The van der Waals surface area contributed by atoms with Crippen LogP contribution in [0.25, 0.3) is 0 Å². The van der Waals surface area contributed by atoms with Crippen LogP contribution in [-0.2, 0) is 10.0 Å². The largest absolute Gasteiger partial charge is 0.356 e. The van der Waals surface area contributed by atoms with Gasteiger partial charge in [0.15, 0.2) is 0 Å². The lowest BCUT2D eigenvalue weighted by molar-refractivity contribution is 0.0954. The van der Waals surface area contributed by atoms with Crippen molar-refractivity contribution in [2.75, 3.05) is 31.1 Å². The minimum absolute atomic E-state index is 0.112. The molecule has 7 nitrogen and oxygen atoms in total. The van der Waals surface area contributed by atoms with Crippen LogP contribution >= 0.6 is 0 Å². The van der Waals surface area contributed by atoms with Crippen molar-refractivity contribution in [1.29, 1.82) is 0 Å². The number of pyridine rings is 1. The van der Waals surface area contributed by atoms with E-state index in [4.69, 9.17) is 0 Å². The highest BCUT2D eigenvalue weighted by Gasteiger charge is 2.20. The maximum atomic E-state index is 12.5. The molecule has 0 radical (unpaired) electrons. The average molecular weight is 388 g/mol. The van der Waals surface area contributed by atoms with Gasteiger partial charge in [-0.25, -0.2) is 18.1 Å². The van der Waals surface area contributed by atoms with Crippen LogP contribution in [-0.4, -0.2) is 45.5 Å². The van der Waals surface area contributed by atoms with E-state index in [1.807, 2.05) is 6.92 Å². The van der Waals surface area contributed by atoms with Crippen LogP contribution in [0, 0.1) is 6.92 Å². The molecule has 1 saturated heterocycles. The van der Waals surface area contributed by atoms with Crippen molar-refractivity contribution in [2.45, 2.75) is 24.7 Å². The Morgan fingerprint density at radius 3 is 2.52 bits per heavy atom. The number of nitrogens with one attached hydrogen (secondary N) is 2. The fourth-order valence-corrected chi connectivity index (χ4v) is 4.04. The number of aryl methyl sites for hydroxylation is 1. The zero-order valence-electron chi connectivity index (χ0n) is 15.3. The van der Waals surface area contributed by atoms with E-state index in [1.54, 1.807) is 42.6 Å². The fraction of sp³-hybridized carbons (Fsp3) is 0.368. The first-order valence-corrected chi connectivity index (χ1v) is 10.5. The molecule has 0 unspecified atom stereocenters. The highest BCUT2D eigenvalue weighted by atomic mass is 32.2. The Morgan fingerprint density at radius 1 is 1.11 bits per heavy atom. The van der Waals surface area contributed by atoms with Gasteiger partial charge in [0, 0.05) is 32.4 Å². The summed E-state index contributed by atoms with van der Waals surface area (Å²) in [6.07, 6.45) is 3.87. The summed E-state index contributed by atoms with van der Waals surface area (Å²) in [5.74, 6) is 0.437. The van der Waals surface area contributed by atoms with Gasteiger partial charge in [-0.05, 0) is 44.0 Å². The van der Waals surface area contributed by atoms with E-state index in [1.165, 1.54) is 0 Å². The standard InChI is InChI=1S/C19H24N4O3S/c1-15-6-8-16(9-7-15)27(25,26)22-12-11-21-19(24)17-5-4-10-20-18(17)23-13-2-3-14-23/h4-10,22H,2-3,11-14H2,1H3,(H,21,24). The van der Waals surface area contributed by atoms with Gasteiger partial charge in [0.1, 0.15) is 5.82 Å². The molecule has 0 spiro atoms. The van der Waals surface area contributed by atoms with E-state index in [9.17, 15) is 13.2 Å². The molecule has 1 amide bonds. The molecule has 1 fully saturated rings. The lowest BCUT2D eigenvalue weighted by atomic mass is 10.2. The lowest BCUT2D eigenvalue weighted by Crippen LogP contribution is -2.35. The average Bonchev–Trinajstić information content (AvgIpc) is 3.20. The van der Waals surface area contributed by atoms with Crippen LogP contribution in [0.2, 0.25) is 0 Å². The van der Waals surface area contributed by atoms with Crippen LogP contribution in [0.15, 0.2) is 47.5 Å². The van der Waals surface area contributed by atoms with Gasteiger partial charge >= 0.3 is 0 Å². The van der Waals surface area contributed by atoms with Gasteiger partial charge in [0.2, 0.25) is 10.0 Å². The normalized spacial score (nSPS) is 14.3. The number of carbonyl (C=O) groups is 1. The second kappa shape index (κ2) is 8.49. The summed E-state index contributed by atoms with van der Waals surface area (Å²) in [4.78, 5) is 19.2. The second-order valence-electron chi connectivity index (χ2n) is 6.54. The van der Waals surface area contributed by atoms with Crippen LogP contribution in [0.4, 0.5) is 5.82 Å². The number of nitrogens with zero attached hydrogens (tertiary/aromatic N) is 2. The predicted octanol–water partition coefficient (Wildman–Crippen LogP) is 1.70. The number of sulfonamides is 1. The third-order valence-corrected chi connectivity index (χ3v) is 5.95. The Labute approximate surface area is 159 Å². The van der Waals surface area contributed by atoms with Gasteiger partial charge in [0.25, 0.3) is 5.91 Å². The maximum Gasteiger partial charge on any atom is 0.255 e. The summed E-state index contributed by atoms with van der Waals surface area (Å²) in [6, 6.07) is 10.1. The van der Waals surface area contributed by atoms with Crippen molar-refractivity contribution in [1.82, 2.24) is 15.0 Å². The molecule has 144 valence electrons. The molecule has 2 heterocycles. The molecule has 1 aromatic heterocycles. The molecule has 2 aromatic rings. The molecular formula is C19H24N4O3S. The monoisotopic (exact) mass is 388 g/mol. The molecule has 0 bridgehead atoms. The molecule has 0 aliphatic carbocycles. The van der Waals surface area contributed by atoms with Crippen molar-refractivity contribution < 1.29 is 13.2 Å². The van der Waals surface area contributed by atoms with Crippen molar-refractivity contribution in [3.05, 3.63) is 53.7 Å². The zero-order chi connectivity index (χ0) is 19.3. The van der Waals surface area contributed by atoms with Crippen LogP contribution in [0.5, 0.6) is 0 Å². The molecule has 8 heteroatoms. The first-order valence-electron chi connectivity index (χ1n) is 9.02.